The number of rotatable bonds is 5. The number of aromatic nitrogens is 2. The summed E-state index contributed by atoms with van der Waals surface area (Å²) in [4.78, 5) is 4.39. The Balaban J connectivity index is 2.11. The van der Waals surface area contributed by atoms with Crippen LogP contribution in [-0.2, 0) is 6.42 Å². The topological polar surface area (TPSA) is 87.0 Å². The second-order valence-electron chi connectivity index (χ2n) is 3.92. The second-order valence-corrected chi connectivity index (χ2v) is 4.70. The normalized spacial score (nSPS) is 12.4. The van der Waals surface area contributed by atoms with Gasteiger partial charge >= 0.3 is 0 Å². The summed E-state index contributed by atoms with van der Waals surface area (Å²) in [6, 6.07) is 7.64. The molecule has 18 heavy (non-hydrogen) atoms. The van der Waals surface area contributed by atoms with Gasteiger partial charge in [-0.2, -0.15) is 4.37 Å². The lowest BCUT2D eigenvalue weighted by Crippen LogP contribution is -2.20. The molecule has 0 amide bonds. The van der Waals surface area contributed by atoms with Crippen molar-refractivity contribution in [2.45, 2.75) is 12.5 Å². The number of methoxy groups -OCH3 is 1. The molecule has 1 heterocycles. The molecule has 0 bridgehead atoms. The van der Waals surface area contributed by atoms with Crippen LogP contribution in [0.3, 0.4) is 0 Å². The molecule has 1 atom stereocenters. The summed E-state index contributed by atoms with van der Waals surface area (Å²) in [5.74, 6) is 1.61. The van der Waals surface area contributed by atoms with E-state index in [1.54, 1.807) is 7.11 Å². The minimum Gasteiger partial charge on any atom is -0.497 e. The molecule has 0 radical (unpaired) electrons. The third-order valence-electron chi connectivity index (χ3n) is 2.55. The predicted molar refractivity (Wildman–Crippen MR) is 71.7 cm³/mol. The molecule has 0 spiro atoms. The molecular formula is C12H16N4OS. The Morgan fingerprint density at radius 2 is 2.28 bits per heavy atom. The van der Waals surface area contributed by atoms with Crippen molar-refractivity contribution in [2.24, 2.45) is 11.5 Å². The fourth-order valence-corrected chi connectivity index (χ4v) is 2.24. The van der Waals surface area contributed by atoms with Crippen molar-refractivity contribution in [2.75, 3.05) is 13.7 Å². The van der Waals surface area contributed by atoms with E-state index < -0.39 is 0 Å². The molecule has 2 rings (SSSR count). The molecule has 0 fully saturated rings. The monoisotopic (exact) mass is 264 g/mol. The summed E-state index contributed by atoms with van der Waals surface area (Å²) in [7, 11) is 1.65. The maximum atomic E-state index is 5.81. The fraction of sp³-hybridized carbons (Fsp3) is 0.333. The van der Waals surface area contributed by atoms with Crippen molar-refractivity contribution >= 4 is 11.5 Å². The average Bonchev–Trinajstić information content (AvgIpc) is 2.86. The molecule has 6 heteroatoms. The van der Waals surface area contributed by atoms with Gasteiger partial charge in [0.1, 0.15) is 16.6 Å². The molecule has 4 N–H and O–H groups in total. The first-order valence-corrected chi connectivity index (χ1v) is 6.41. The molecule has 0 aliphatic heterocycles. The van der Waals surface area contributed by atoms with Gasteiger partial charge in [0.15, 0.2) is 0 Å². The molecule has 0 aliphatic carbocycles. The van der Waals surface area contributed by atoms with E-state index in [0.717, 1.165) is 22.1 Å². The van der Waals surface area contributed by atoms with Gasteiger partial charge in [0, 0.05) is 13.0 Å². The maximum Gasteiger partial charge on any atom is 0.147 e. The van der Waals surface area contributed by atoms with E-state index in [0.29, 0.717) is 13.0 Å². The van der Waals surface area contributed by atoms with E-state index in [9.17, 15) is 0 Å². The van der Waals surface area contributed by atoms with E-state index in [2.05, 4.69) is 9.36 Å². The van der Waals surface area contributed by atoms with Crippen LogP contribution in [-0.4, -0.2) is 23.0 Å². The van der Waals surface area contributed by atoms with Crippen molar-refractivity contribution < 1.29 is 4.74 Å². The van der Waals surface area contributed by atoms with Gasteiger partial charge in [0.25, 0.3) is 0 Å². The molecule has 5 nitrogen and oxygen atoms in total. The zero-order valence-corrected chi connectivity index (χ0v) is 11.0. The predicted octanol–water partition coefficient (Wildman–Crippen LogP) is 1.10. The zero-order valence-electron chi connectivity index (χ0n) is 10.2. The van der Waals surface area contributed by atoms with Crippen molar-refractivity contribution in [3.8, 4) is 5.75 Å². The number of hydrogen-bond acceptors (Lipinski definition) is 6. The van der Waals surface area contributed by atoms with Gasteiger partial charge in [0.05, 0.1) is 13.2 Å². The molecular weight excluding hydrogens is 248 g/mol. The molecule has 96 valence electrons. The van der Waals surface area contributed by atoms with Crippen molar-refractivity contribution in [1.82, 2.24) is 9.36 Å². The summed E-state index contributed by atoms with van der Waals surface area (Å²) >= 11 is 1.31. The number of hydrogen-bond donors (Lipinski definition) is 2. The van der Waals surface area contributed by atoms with Gasteiger partial charge in [-0.15, -0.1) is 0 Å². The Morgan fingerprint density at radius 3 is 3.00 bits per heavy atom. The Kier molecular flexibility index (Phi) is 4.24. The van der Waals surface area contributed by atoms with Gasteiger partial charge < -0.3 is 16.2 Å². The lowest BCUT2D eigenvalue weighted by atomic mass is 10.1. The summed E-state index contributed by atoms with van der Waals surface area (Å²) in [5.41, 5.74) is 12.4. The van der Waals surface area contributed by atoms with E-state index >= 15 is 0 Å². The van der Waals surface area contributed by atoms with E-state index in [4.69, 9.17) is 16.2 Å². The van der Waals surface area contributed by atoms with E-state index in [1.165, 1.54) is 11.5 Å². The first-order chi connectivity index (χ1) is 8.72. The average molecular weight is 264 g/mol. The summed E-state index contributed by atoms with van der Waals surface area (Å²) in [5, 5.41) is 0.787. The number of nitrogens with two attached hydrogens (primary N) is 2. The van der Waals surface area contributed by atoms with Crippen LogP contribution < -0.4 is 16.2 Å². The lowest BCUT2D eigenvalue weighted by molar-refractivity contribution is 0.414. The molecule has 1 unspecified atom stereocenters. The Labute approximate surface area is 110 Å². The van der Waals surface area contributed by atoms with Crippen LogP contribution in [0, 0.1) is 0 Å². The van der Waals surface area contributed by atoms with Crippen molar-refractivity contribution in [3.63, 3.8) is 0 Å². The summed E-state index contributed by atoms with van der Waals surface area (Å²) < 4.78 is 9.47. The Bertz CT molecular complexity index is 514. The largest absolute Gasteiger partial charge is 0.497 e. The lowest BCUT2D eigenvalue weighted by Gasteiger charge is -2.03. The molecule has 0 saturated heterocycles. The highest BCUT2D eigenvalue weighted by Gasteiger charge is 2.11. The van der Waals surface area contributed by atoms with Crippen LogP contribution >= 0.6 is 11.5 Å². The van der Waals surface area contributed by atoms with Gasteiger partial charge in [-0.25, -0.2) is 4.98 Å². The van der Waals surface area contributed by atoms with Crippen LogP contribution in [0.1, 0.15) is 22.4 Å². The maximum absolute atomic E-state index is 5.81. The smallest absolute Gasteiger partial charge is 0.147 e. The van der Waals surface area contributed by atoms with Crippen LogP contribution in [0.25, 0.3) is 0 Å². The van der Waals surface area contributed by atoms with Crippen molar-refractivity contribution in [3.05, 3.63) is 40.7 Å². The highest BCUT2D eigenvalue weighted by Crippen LogP contribution is 2.17. The van der Waals surface area contributed by atoms with Gasteiger partial charge in [0.2, 0.25) is 0 Å². The second kappa shape index (κ2) is 5.90. The summed E-state index contributed by atoms with van der Waals surface area (Å²) in [6.07, 6.45) is 0.672. The highest BCUT2D eigenvalue weighted by molar-refractivity contribution is 7.05. The minimum absolute atomic E-state index is 0.221. The van der Waals surface area contributed by atoms with E-state index in [-0.39, 0.29) is 6.04 Å². The quantitative estimate of drug-likeness (QED) is 0.844. The zero-order chi connectivity index (χ0) is 13.0. The van der Waals surface area contributed by atoms with E-state index in [1.807, 2.05) is 24.3 Å². The highest BCUT2D eigenvalue weighted by atomic mass is 32.1. The molecule has 2 aromatic rings. The molecule has 1 aromatic carbocycles. The van der Waals surface area contributed by atoms with Gasteiger partial charge in [-0.05, 0) is 29.2 Å². The standard InChI is InChI=1S/C12H16N4OS/c1-17-9-4-2-3-8(5-9)6-11-15-12(18-16-11)10(14)7-13/h2-5,10H,6-7,13-14H2,1H3. The number of benzene rings is 1. The SMILES string of the molecule is COc1cccc(Cc2nsc(C(N)CN)n2)c1. The molecule has 0 aliphatic rings. The molecule has 0 saturated carbocycles. The number of nitrogens with zero attached hydrogens (tertiary/aromatic N) is 2. The van der Waals surface area contributed by atoms with Crippen LogP contribution in [0.2, 0.25) is 0 Å². The van der Waals surface area contributed by atoms with Crippen molar-refractivity contribution in [1.29, 1.82) is 0 Å². The van der Waals surface area contributed by atoms with Crippen LogP contribution in [0.4, 0.5) is 0 Å². The minimum atomic E-state index is -0.221. The fourth-order valence-electron chi connectivity index (χ4n) is 1.56. The Morgan fingerprint density at radius 1 is 1.44 bits per heavy atom. The Hall–Kier alpha value is -1.50. The third-order valence-corrected chi connectivity index (χ3v) is 3.43. The van der Waals surface area contributed by atoms with Crippen LogP contribution in [0.5, 0.6) is 5.75 Å². The van der Waals surface area contributed by atoms with Crippen LogP contribution in [0.15, 0.2) is 24.3 Å². The third kappa shape index (κ3) is 3.04. The molecule has 1 aromatic heterocycles. The van der Waals surface area contributed by atoms with Gasteiger partial charge in [-0.1, -0.05) is 12.1 Å². The first-order valence-electron chi connectivity index (χ1n) is 5.64. The number of ether oxygens (including phenoxy) is 1. The van der Waals surface area contributed by atoms with Gasteiger partial charge in [-0.3, -0.25) is 0 Å². The summed E-state index contributed by atoms with van der Waals surface area (Å²) in [6.45, 7) is 0.383. The first kappa shape index (κ1) is 12.9.